The van der Waals surface area contributed by atoms with Gasteiger partial charge in [-0.25, -0.2) is 9.98 Å². The molecule has 1 aromatic heterocycles. The van der Waals surface area contributed by atoms with Crippen LogP contribution in [0.5, 0.6) is 0 Å². The second-order valence-electron chi connectivity index (χ2n) is 10.6. The molecule has 3 heterocycles. The molecule has 0 radical (unpaired) electrons. The number of nitrogens with zero attached hydrogens (tertiary/aromatic N) is 3. The molecule has 0 unspecified atom stereocenters. The Balaban J connectivity index is 1.30. The third-order valence-corrected chi connectivity index (χ3v) is 7.78. The SMILES string of the molecule is C1=C(c2ccccc2)/C(=N/c2[nH]c(-c3ccccc3)cc2-c2ccc(CN3CCOCC3)cc2)N=C1c1ccccc1. The number of aromatic amines is 1. The zero-order valence-corrected chi connectivity index (χ0v) is 23.4. The van der Waals surface area contributed by atoms with Crippen molar-refractivity contribution >= 4 is 22.9 Å². The average Bonchev–Trinajstić information content (AvgIpc) is 3.68. The smallest absolute Gasteiger partial charge is 0.162 e. The van der Waals surface area contributed by atoms with Crippen LogP contribution >= 0.6 is 0 Å². The van der Waals surface area contributed by atoms with Crippen molar-refractivity contribution in [3.63, 3.8) is 0 Å². The second kappa shape index (κ2) is 12.0. The van der Waals surface area contributed by atoms with Crippen LogP contribution in [0.4, 0.5) is 5.82 Å². The molecule has 5 aromatic rings. The number of H-pyrrole nitrogens is 1. The predicted octanol–water partition coefficient (Wildman–Crippen LogP) is 7.80. The van der Waals surface area contributed by atoms with E-state index in [4.69, 9.17) is 14.7 Å². The lowest BCUT2D eigenvalue weighted by molar-refractivity contribution is 0.0342. The Kier molecular flexibility index (Phi) is 7.42. The van der Waals surface area contributed by atoms with Crippen molar-refractivity contribution in [2.75, 3.05) is 26.3 Å². The number of ether oxygens (including phenoxy) is 1. The van der Waals surface area contributed by atoms with Crippen molar-refractivity contribution in [2.24, 2.45) is 9.98 Å². The molecule has 206 valence electrons. The standard InChI is InChI=1S/C37H32N4O/c1-4-10-28(11-5-1)32-24-34(30-12-6-2-7-13-30)38-36(32)40-37-33(25-35(39-37)31-14-8-3-9-15-31)29-18-16-27(17-19-29)26-41-20-22-42-23-21-41/h1-19,24-25,39H,20-23,26H2/b40-36-. The van der Waals surface area contributed by atoms with Crippen LogP contribution in [-0.2, 0) is 11.3 Å². The molecule has 1 saturated heterocycles. The molecule has 2 aliphatic heterocycles. The minimum Gasteiger partial charge on any atom is -0.379 e. The van der Waals surface area contributed by atoms with Gasteiger partial charge in [-0.3, -0.25) is 4.90 Å². The number of amidine groups is 1. The largest absolute Gasteiger partial charge is 0.379 e. The highest BCUT2D eigenvalue weighted by Crippen LogP contribution is 2.37. The molecule has 1 N–H and O–H groups in total. The molecule has 0 atom stereocenters. The summed E-state index contributed by atoms with van der Waals surface area (Å²) in [5, 5.41) is 0. The zero-order chi connectivity index (χ0) is 28.1. The minimum atomic E-state index is 0.701. The molecule has 2 aliphatic rings. The summed E-state index contributed by atoms with van der Waals surface area (Å²) < 4.78 is 5.52. The summed E-state index contributed by atoms with van der Waals surface area (Å²) in [5.41, 5.74) is 9.71. The van der Waals surface area contributed by atoms with Crippen LogP contribution in [0.15, 0.2) is 137 Å². The quantitative estimate of drug-likeness (QED) is 0.226. The lowest BCUT2D eigenvalue weighted by atomic mass is 10.0. The van der Waals surface area contributed by atoms with Crippen LogP contribution < -0.4 is 0 Å². The van der Waals surface area contributed by atoms with Crippen molar-refractivity contribution in [3.05, 3.63) is 144 Å². The molecule has 7 rings (SSSR count). The van der Waals surface area contributed by atoms with Crippen LogP contribution in [0.25, 0.3) is 28.0 Å². The molecule has 5 nitrogen and oxygen atoms in total. The van der Waals surface area contributed by atoms with E-state index in [2.05, 4.69) is 107 Å². The van der Waals surface area contributed by atoms with Crippen LogP contribution in [0, 0.1) is 0 Å². The number of aromatic nitrogens is 1. The van der Waals surface area contributed by atoms with Crippen LogP contribution in [0.3, 0.4) is 0 Å². The Labute approximate surface area is 246 Å². The predicted molar refractivity (Wildman–Crippen MR) is 172 cm³/mol. The third kappa shape index (κ3) is 5.66. The molecule has 0 bridgehead atoms. The van der Waals surface area contributed by atoms with Gasteiger partial charge in [0.05, 0.1) is 18.9 Å². The van der Waals surface area contributed by atoms with Crippen LogP contribution in [-0.4, -0.2) is 47.7 Å². The Morgan fingerprint density at radius 2 is 1.31 bits per heavy atom. The number of morpholine rings is 1. The van der Waals surface area contributed by atoms with E-state index in [0.29, 0.717) is 5.84 Å². The fourth-order valence-electron chi connectivity index (χ4n) is 5.52. The van der Waals surface area contributed by atoms with Gasteiger partial charge in [-0.1, -0.05) is 115 Å². The van der Waals surface area contributed by atoms with E-state index in [0.717, 1.165) is 83.5 Å². The summed E-state index contributed by atoms with van der Waals surface area (Å²) in [4.78, 5) is 16.3. The molecule has 0 spiro atoms. The molecule has 5 heteroatoms. The van der Waals surface area contributed by atoms with Crippen molar-refractivity contribution in [1.82, 2.24) is 9.88 Å². The third-order valence-electron chi connectivity index (χ3n) is 7.78. The lowest BCUT2D eigenvalue weighted by Crippen LogP contribution is -2.35. The second-order valence-corrected chi connectivity index (χ2v) is 10.6. The Hall–Kier alpha value is -4.84. The topological polar surface area (TPSA) is 53.0 Å². The molecule has 42 heavy (non-hydrogen) atoms. The average molecular weight is 549 g/mol. The summed E-state index contributed by atoms with van der Waals surface area (Å²) in [6, 6.07) is 42.1. The van der Waals surface area contributed by atoms with Crippen LogP contribution in [0.1, 0.15) is 16.7 Å². The summed E-state index contributed by atoms with van der Waals surface area (Å²) in [5.74, 6) is 1.50. The lowest BCUT2D eigenvalue weighted by Gasteiger charge is -2.26. The fraction of sp³-hybridized carbons (Fsp3) is 0.135. The summed E-state index contributed by atoms with van der Waals surface area (Å²) in [6.45, 7) is 4.50. The Morgan fingerprint density at radius 3 is 1.98 bits per heavy atom. The van der Waals surface area contributed by atoms with Gasteiger partial charge >= 0.3 is 0 Å². The molecular formula is C37H32N4O. The van der Waals surface area contributed by atoms with Gasteiger partial charge in [0.15, 0.2) is 5.84 Å². The van der Waals surface area contributed by atoms with Gasteiger partial charge in [0.2, 0.25) is 0 Å². The summed E-state index contributed by atoms with van der Waals surface area (Å²) in [7, 11) is 0. The first-order valence-corrected chi connectivity index (χ1v) is 14.5. The van der Waals surface area contributed by atoms with E-state index in [1.807, 2.05) is 30.3 Å². The molecule has 1 fully saturated rings. The van der Waals surface area contributed by atoms with E-state index in [-0.39, 0.29) is 0 Å². The molecular weight excluding hydrogens is 516 g/mol. The molecule has 0 aliphatic carbocycles. The number of hydrogen-bond donors (Lipinski definition) is 1. The Bertz CT molecular complexity index is 1750. The number of rotatable bonds is 7. The first kappa shape index (κ1) is 26.1. The minimum absolute atomic E-state index is 0.701. The summed E-state index contributed by atoms with van der Waals surface area (Å²) >= 11 is 0. The van der Waals surface area contributed by atoms with Crippen LogP contribution in [0.2, 0.25) is 0 Å². The maximum absolute atomic E-state index is 5.52. The number of aliphatic imine (C=N–C) groups is 2. The zero-order valence-electron chi connectivity index (χ0n) is 23.4. The maximum atomic E-state index is 5.52. The number of benzene rings is 4. The van der Waals surface area contributed by atoms with Crippen molar-refractivity contribution in [2.45, 2.75) is 6.54 Å². The van der Waals surface area contributed by atoms with Crippen molar-refractivity contribution in [3.8, 4) is 22.4 Å². The van der Waals surface area contributed by atoms with E-state index >= 15 is 0 Å². The van der Waals surface area contributed by atoms with Gasteiger partial charge in [0, 0.05) is 42.0 Å². The van der Waals surface area contributed by atoms with Gasteiger partial charge in [-0.05, 0) is 34.4 Å². The highest BCUT2D eigenvalue weighted by Gasteiger charge is 2.21. The van der Waals surface area contributed by atoms with Gasteiger partial charge < -0.3 is 9.72 Å². The number of allylic oxidation sites excluding steroid dienone is 1. The molecule has 4 aromatic carbocycles. The van der Waals surface area contributed by atoms with E-state index < -0.39 is 0 Å². The fourth-order valence-corrected chi connectivity index (χ4v) is 5.52. The van der Waals surface area contributed by atoms with Gasteiger partial charge in [0.1, 0.15) is 5.82 Å². The normalized spacial score (nSPS) is 16.4. The van der Waals surface area contributed by atoms with E-state index in [1.54, 1.807) is 0 Å². The first-order chi connectivity index (χ1) is 20.8. The Morgan fingerprint density at radius 1 is 0.690 bits per heavy atom. The summed E-state index contributed by atoms with van der Waals surface area (Å²) in [6.07, 6.45) is 2.14. The van der Waals surface area contributed by atoms with Gasteiger partial charge in [-0.15, -0.1) is 0 Å². The van der Waals surface area contributed by atoms with E-state index in [9.17, 15) is 0 Å². The van der Waals surface area contributed by atoms with Gasteiger partial charge in [-0.2, -0.15) is 0 Å². The molecule has 0 saturated carbocycles. The van der Waals surface area contributed by atoms with Crippen molar-refractivity contribution < 1.29 is 4.74 Å². The first-order valence-electron chi connectivity index (χ1n) is 14.5. The highest BCUT2D eigenvalue weighted by atomic mass is 16.5. The van der Waals surface area contributed by atoms with Crippen molar-refractivity contribution in [1.29, 1.82) is 0 Å². The molecule has 0 amide bonds. The maximum Gasteiger partial charge on any atom is 0.162 e. The van der Waals surface area contributed by atoms with Gasteiger partial charge in [0.25, 0.3) is 0 Å². The van der Waals surface area contributed by atoms with E-state index in [1.165, 1.54) is 5.56 Å². The highest BCUT2D eigenvalue weighted by molar-refractivity contribution is 6.38. The monoisotopic (exact) mass is 548 g/mol. The number of nitrogens with one attached hydrogen (secondary N) is 1. The number of hydrogen-bond acceptors (Lipinski definition) is 3.